The number of methoxy groups -OCH3 is 3. The number of benzene rings is 3. The van der Waals surface area contributed by atoms with Gasteiger partial charge in [0.05, 0.1) is 27.9 Å². The van der Waals surface area contributed by atoms with Crippen molar-refractivity contribution in [1.29, 1.82) is 0 Å². The van der Waals surface area contributed by atoms with Gasteiger partial charge in [0.25, 0.3) is 0 Å². The van der Waals surface area contributed by atoms with Gasteiger partial charge < -0.3 is 24.3 Å². The maximum absolute atomic E-state index is 5.85. The van der Waals surface area contributed by atoms with E-state index in [1.807, 2.05) is 25.1 Å². The van der Waals surface area contributed by atoms with Crippen LogP contribution < -0.4 is 24.3 Å². The molecule has 0 unspecified atom stereocenters. The first-order valence-corrected chi connectivity index (χ1v) is 9.34. The van der Waals surface area contributed by atoms with Gasteiger partial charge in [0.1, 0.15) is 5.75 Å². The average Bonchev–Trinajstić information content (AvgIpc) is 2.74. The molecule has 3 aromatic carbocycles. The second-order valence-corrected chi connectivity index (χ2v) is 6.33. The molecule has 5 nitrogen and oxygen atoms in total. The molecule has 0 radical (unpaired) electrons. The van der Waals surface area contributed by atoms with Crippen molar-refractivity contribution in [1.82, 2.24) is 5.32 Å². The molecule has 0 heterocycles. The Labute approximate surface area is 166 Å². The van der Waals surface area contributed by atoms with Crippen molar-refractivity contribution < 1.29 is 18.9 Å². The van der Waals surface area contributed by atoms with Crippen LogP contribution in [0.15, 0.2) is 48.5 Å². The summed E-state index contributed by atoms with van der Waals surface area (Å²) in [6.45, 7) is 3.99. The molecule has 28 heavy (non-hydrogen) atoms. The zero-order chi connectivity index (χ0) is 19.9. The van der Waals surface area contributed by atoms with Crippen molar-refractivity contribution in [2.45, 2.75) is 20.0 Å². The summed E-state index contributed by atoms with van der Waals surface area (Å²) in [4.78, 5) is 0. The van der Waals surface area contributed by atoms with Crippen LogP contribution >= 0.6 is 0 Å². The lowest BCUT2D eigenvalue weighted by atomic mass is 10.0. The van der Waals surface area contributed by atoms with Crippen LogP contribution in [0.4, 0.5) is 0 Å². The third-order valence-corrected chi connectivity index (χ3v) is 4.65. The fraction of sp³-hybridized carbons (Fsp3) is 0.304. The first-order chi connectivity index (χ1) is 13.7. The van der Waals surface area contributed by atoms with Crippen molar-refractivity contribution in [3.63, 3.8) is 0 Å². The Morgan fingerprint density at radius 1 is 0.786 bits per heavy atom. The Hall–Kier alpha value is -2.92. The van der Waals surface area contributed by atoms with E-state index in [9.17, 15) is 0 Å². The highest BCUT2D eigenvalue weighted by molar-refractivity contribution is 5.87. The summed E-state index contributed by atoms with van der Waals surface area (Å²) in [6.07, 6.45) is 0. The Balaban J connectivity index is 1.83. The molecule has 5 heteroatoms. The molecular weight excluding hydrogens is 354 g/mol. The van der Waals surface area contributed by atoms with Crippen molar-refractivity contribution in [3.8, 4) is 23.0 Å². The number of ether oxygens (including phenoxy) is 4. The summed E-state index contributed by atoms with van der Waals surface area (Å²) in [6, 6.07) is 16.4. The smallest absolute Gasteiger partial charge is 0.203 e. The van der Waals surface area contributed by atoms with E-state index in [0.717, 1.165) is 16.9 Å². The predicted molar refractivity (Wildman–Crippen MR) is 112 cm³/mol. The van der Waals surface area contributed by atoms with Gasteiger partial charge in [-0.05, 0) is 41.5 Å². The van der Waals surface area contributed by atoms with Gasteiger partial charge in [-0.15, -0.1) is 0 Å². The maximum atomic E-state index is 5.85. The molecule has 3 rings (SSSR count). The van der Waals surface area contributed by atoms with Crippen LogP contribution in [0.5, 0.6) is 23.0 Å². The quantitative estimate of drug-likeness (QED) is 0.589. The van der Waals surface area contributed by atoms with Crippen LogP contribution in [0.3, 0.4) is 0 Å². The van der Waals surface area contributed by atoms with Crippen LogP contribution in [-0.4, -0.2) is 27.9 Å². The summed E-state index contributed by atoms with van der Waals surface area (Å²) in [5.41, 5.74) is 2.21. The van der Waals surface area contributed by atoms with Crippen LogP contribution in [0.1, 0.15) is 18.1 Å². The zero-order valence-corrected chi connectivity index (χ0v) is 16.9. The van der Waals surface area contributed by atoms with E-state index in [1.165, 1.54) is 10.8 Å². The summed E-state index contributed by atoms with van der Waals surface area (Å²) in [7, 11) is 4.85. The molecular formula is C23H27NO4. The molecule has 0 saturated heterocycles. The third kappa shape index (κ3) is 4.15. The highest BCUT2D eigenvalue weighted by Gasteiger charge is 2.13. The molecule has 0 aliphatic carbocycles. The fourth-order valence-electron chi connectivity index (χ4n) is 3.36. The largest absolute Gasteiger partial charge is 0.494 e. The maximum Gasteiger partial charge on any atom is 0.203 e. The highest BCUT2D eigenvalue weighted by atomic mass is 16.5. The van der Waals surface area contributed by atoms with Gasteiger partial charge in [0.15, 0.2) is 11.5 Å². The van der Waals surface area contributed by atoms with Gasteiger partial charge in [-0.1, -0.05) is 30.3 Å². The molecule has 0 aromatic heterocycles. The van der Waals surface area contributed by atoms with E-state index in [-0.39, 0.29) is 0 Å². The van der Waals surface area contributed by atoms with Crippen LogP contribution in [0.2, 0.25) is 0 Å². The minimum atomic E-state index is 0.599. The summed E-state index contributed by atoms with van der Waals surface area (Å²) < 4.78 is 22.1. The van der Waals surface area contributed by atoms with Crippen molar-refractivity contribution in [2.24, 2.45) is 0 Å². The molecule has 1 N–H and O–H groups in total. The van der Waals surface area contributed by atoms with Gasteiger partial charge in [-0.3, -0.25) is 0 Å². The minimum absolute atomic E-state index is 0.599. The minimum Gasteiger partial charge on any atom is -0.494 e. The van der Waals surface area contributed by atoms with Gasteiger partial charge in [0, 0.05) is 18.7 Å². The topological polar surface area (TPSA) is 49.0 Å². The molecule has 0 atom stereocenters. The van der Waals surface area contributed by atoms with Gasteiger partial charge >= 0.3 is 0 Å². The lowest BCUT2D eigenvalue weighted by molar-refractivity contribution is 0.323. The van der Waals surface area contributed by atoms with E-state index < -0.39 is 0 Å². The van der Waals surface area contributed by atoms with Crippen molar-refractivity contribution in [3.05, 3.63) is 59.7 Å². The van der Waals surface area contributed by atoms with Crippen LogP contribution in [0, 0.1) is 0 Å². The molecule has 0 saturated carbocycles. The number of fused-ring (bicyclic) bond motifs is 1. The second kappa shape index (κ2) is 9.33. The molecule has 0 spiro atoms. The Kier molecular flexibility index (Phi) is 6.61. The van der Waals surface area contributed by atoms with Crippen LogP contribution in [-0.2, 0) is 13.1 Å². The molecule has 3 aromatic rings. The van der Waals surface area contributed by atoms with E-state index in [4.69, 9.17) is 18.9 Å². The highest BCUT2D eigenvalue weighted by Crippen LogP contribution is 2.38. The number of hydrogen-bond donors (Lipinski definition) is 1. The van der Waals surface area contributed by atoms with E-state index in [1.54, 1.807) is 21.3 Å². The number of nitrogens with one attached hydrogen (secondary N) is 1. The van der Waals surface area contributed by atoms with Gasteiger partial charge in [0.2, 0.25) is 5.75 Å². The lowest BCUT2D eigenvalue weighted by Crippen LogP contribution is -2.14. The van der Waals surface area contributed by atoms with Crippen LogP contribution in [0.25, 0.3) is 10.8 Å². The Morgan fingerprint density at radius 2 is 1.50 bits per heavy atom. The Morgan fingerprint density at radius 3 is 2.14 bits per heavy atom. The summed E-state index contributed by atoms with van der Waals surface area (Å²) >= 11 is 0. The SMILES string of the molecule is CCOc1ccc2ccccc2c1CNCc1cc(OC)c(OC)c(OC)c1. The standard InChI is InChI=1S/C23H27NO4/c1-5-28-20-11-10-17-8-6-7-9-18(17)19(20)15-24-14-16-12-21(25-2)23(27-4)22(13-16)26-3/h6-13,24H,5,14-15H2,1-4H3. The first-order valence-electron chi connectivity index (χ1n) is 9.34. The Bertz CT molecular complexity index is 914. The molecule has 0 fully saturated rings. The van der Waals surface area contributed by atoms with E-state index in [2.05, 4.69) is 35.6 Å². The normalized spacial score (nSPS) is 10.7. The molecule has 0 aliphatic rings. The first kappa shape index (κ1) is 19.8. The molecule has 0 aliphatic heterocycles. The zero-order valence-electron chi connectivity index (χ0n) is 16.9. The molecule has 0 amide bonds. The third-order valence-electron chi connectivity index (χ3n) is 4.65. The summed E-state index contributed by atoms with van der Waals surface area (Å²) in [5.74, 6) is 2.82. The monoisotopic (exact) mass is 381 g/mol. The van der Waals surface area contributed by atoms with Crippen molar-refractivity contribution in [2.75, 3.05) is 27.9 Å². The molecule has 148 valence electrons. The lowest BCUT2D eigenvalue weighted by Gasteiger charge is -2.16. The van der Waals surface area contributed by atoms with Gasteiger partial charge in [-0.25, -0.2) is 0 Å². The predicted octanol–water partition coefficient (Wildman–Crippen LogP) is 4.55. The summed E-state index contributed by atoms with van der Waals surface area (Å²) in [5, 5.41) is 5.92. The van der Waals surface area contributed by atoms with Gasteiger partial charge in [-0.2, -0.15) is 0 Å². The number of rotatable bonds is 9. The number of hydrogen-bond acceptors (Lipinski definition) is 5. The molecule has 0 bridgehead atoms. The average molecular weight is 381 g/mol. The van der Waals surface area contributed by atoms with E-state index in [0.29, 0.717) is 36.9 Å². The second-order valence-electron chi connectivity index (χ2n) is 6.33. The van der Waals surface area contributed by atoms with E-state index >= 15 is 0 Å². The van der Waals surface area contributed by atoms with Crippen molar-refractivity contribution >= 4 is 10.8 Å². The fourth-order valence-corrected chi connectivity index (χ4v) is 3.36.